The van der Waals surface area contributed by atoms with E-state index >= 15 is 0 Å². The van der Waals surface area contributed by atoms with Crippen LogP contribution in [0.15, 0.2) is 54.6 Å². The average molecular weight is 484 g/mol. The third-order valence-corrected chi connectivity index (χ3v) is 6.10. The maximum atomic E-state index is 13.3. The number of nitrogens with zero attached hydrogens (tertiary/aromatic N) is 3. The molecule has 0 aliphatic carbocycles. The summed E-state index contributed by atoms with van der Waals surface area (Å²) in [5.41, 5.74) is 1.83. The fraction of sp³-hybridized carbons (Fsp3) is 0.444. The smallest absolute Gasteiger partial charge is 0.306 e. The summed E-state index contributed by atoms with van der Waals surface area (Å²) in [6.45, 7) is 6.32. The second-order valence-electron chi connectivity index (χ2n) is 8.63. The number of ether oxygens (including phenoxy) is 1. The maximum Gasteiger partial charge on any atom is 0.306 e. The summed E-state index contributed by atoms with van der Waals surface area (Å²) in [6.07, 6.45) is 0.581. The lowest BCUT2D eigenvalue weighted by atomic mass is 10.1. The quantitative estimate of drug-likeness (QED) is 0.460. The van der Waals surface area contributed by atoms with Gasteiger partial charge in [-0.05, 0) is 30.2 Å². The van der Waals surface area contributed by atoms with Crippen molar-refractivity contribution in [3.63, 3.8) is 0 Å². The molecule has 2 amide bonds. The number of esters is 1. The van der Waals surface area contributed by atoms with E-state index in [0.29, 0.717) is 58.8 Å². The highest BCUT2D eigenvalue weighted by Gasteiger charge is 2.23. The van der Waals surface area contributed by atoms with E-state index in [1.54, 1.807) is 24.0 Å². The molecule has 7 nitrogen and oxygen atoms in total. The summed E-state index contributed by atoms with van der Waals surface area (Å²) in [5, 5.41) is 0. The van der Waals surface area contributed by atoms with Gasteiger partial charge < -0.3 is 14.5 Å². The highest BCUT2D eigenvalue weighted by molar-refractivity contribution is 5.81. The van der Waals surface area contributed by atoms with Crippen LogP contribution in [0.2, 0.25) is 0 Å². The first-order valence-corrected chi connectivity index (χ1v) is 12.2. The Kier molecular flexibility index (Phi) is 10.2. The Morgan fingerprint density at radius 2 is 1.60 bits per heavy atom. The SMILES string of the molecule is CCOC(=O)CCC(=O)N1CCN(CCN(Cc2ccc(F)cc2)C(=O)Cc2ccccc2)CC1. The number of amides is 2. The highest BCUT2D eigenvalue weighted by Crippen LogP contribution is 2.11. The van der Waals surface area contributed by atoms with Crippen LogP contribution in [0.25, 0.3) is 0 Å². The number of halogens is 1. The molecule has 8 heteroatoms. The summed E-state index contributed by atoms with van der Waals surface area (Å²) in [7, 11) is 0. The van der Waals surface area contributed by atoms with E-state index in [1.807, 2.05) is 35.2 Å². The van der Waals surface area contributed by atoms with Crippen molar-refractivity contribution in [1.82, 2.24) is 14.7 Å². The first kappa shape index (κ1) is 26.3. The number of rotatable bonds is 11. The molecule has 1 aliphatic rings. The van der Waals surface area contributed by atoms with Crippen LogP contribution in [0.1, 0.15) is 30.9 Å². The fourth-order valence-electron chi connectivity index (χ4n) is 4.07. The first-order chi connectivity index (χ1) is 16.9. The fourth-order valence-corrected chi connectivity index (χ4v) is 4.07. The lowest BCUT2D eigenvalue weighted by Crippen LogP contribution is -2.50. The minimum absolute atomic E-state index is 0.0216. The third-order valence-electron chi connectivity index (χ3n) is 6.10. The van der Waals surface area contributed by atoms with Gasteiger partial charge in [-0.2, -0.15) is 0 Å². The molecule has 0 saturated carbocycles. The third kappa shape index (κ3) is 8.79. The molecule has 3 rings (SSSR count). The number of piperazine rings is 1. The first-order valence-electron chi connectivity index (χ1n) is 12.2. The van der Waals surface area contributed by atoms with Crippen molar-refractivity contribution >= 4 is 17.8 Å². The summed E-state index contributed by atoms with van der Waals surface area (Å²) in [6, 6.07) is 15.9. The Morgan fingerprint density at radius 1 is 0.914 bits per heavy atom. The molecule has 1 heterocycles. The van der Waals surface area contributed by atoms with Crippen molar-refractivity contribution in [2.24, 2.45) is 0 Å². The molecule has 188 valence electrons. The Morgan fingerprint density at radius 3 is 2.26 bits per heavy atom. The monoisotopic (exact) mass is 483 g/mol. The second kappa shape index (κ2) is 13.6. The number of carbonyl (C=O) groups excluding carboxylic acids is 3. The normalized spacial score (nSPS) is 13.9. The van der Waals surface area contributed by atoms with Gasteiger partial charge in [0.25, 0.3) is 0 Å². The van der Waals surface area contributed by atoms with Crippen LogP contribution in [0, 0.1) is 5.82 Å². The van der Waals surface area contributed by atoms with E-state index in [-0.39, 0.29) is 36.4 Å². The highest BCUT2D eigenvalue weighted by atomic mass is 19.1. The van der Waals surface area contributed by atoms with Crippen LogP contribution in [0.5, 0.6) is 0 Å². The lowest BCUT2D eigenvalue weighted by Gasteiger charge is -2.36. The van der Waals surface area contributed by atoms with Gasteiger partial charge in [-0.3, -0.25) is 19.3 Å². The molecule has 1 aliphatic heterocycles. The van der Waals surface area contributed by atoms with Gasteiger partial charge in [0.05, 0.1) is 19.4 Å². The molecule has 35 heavy (non-hydrogen) atoms. The van der Waals surface area contributed by atoms with Gasteiger partial charge in [0.2, 0.25) is 11.8 Å². The predicted molar refractivity (Wildman–Crippen MR) is 131 cm³/mol. The van der Waals surface area contributed by atoms with Crippen LogP contribution in [-0.4, -0.2) is 78.4 Å². The van der Waals surface area contributed by atoms with Gasteiger partial charge in [0.15, 0.2) is 0 Å². The average Bonchev–Trinajstić information content (AvgIpc) is 2.87. The topological polar surface area (TPSA) is 70.2 Å². The largest absolute Gasteiger partial charge is 0.466 e. The van der Waals surface area contributed by atoms with Gasteiger partial charge in [0.1, 0.15) is 5.82 Å². The van der Waals surface area contributed by atoms with E-state index < -0.39 is 0 Å². The van der Waals surface area contributed by atoms with Crippen molar-refractivity contribution in [2.75, 3.05) is 45.9 Å². The molecular weight excluding hydrogens is 449 g/mol. The number of hydrogen-bond donors (Lipinski definition) is 0. The van der Waals surface area contributed by atoms with Gasteiger partial charge in [-0.1, -0.05) is 42.5 Å². The van der Waals surface area contributed by atoms with E-state index in [4.69, 9.17) is 4.74 Å². The molecule has 1 fully saturated rings. The standard InChI is InChI=1S/C27H34FN3O4/c1-2-35-27(34)13-12-25(32)30-17-14-29(15-18-30)16-19-31(21-23-8-10-24(28)11-9-23)26(33)20-22-6-4-3-5-7-22/h3-11H,2,12-21H2,1H3. The Labute approximate surface area is 206 Å². The minimum atomic E-state index is -0.346. The van der Waals surface area contributed by atoms with E-state index in [1.165, 1.54) is 12.1 Å². The van der Waals surface area contributed by atoms with E-state index in [9.17, 15) is 18.8 Å². The van der Waals surface area contributed by atoms with Crippen molar-refractivity contribution in [3.8, 4) is 0 Å². The van der Waals surface area contributed by atoms with Gasteiger partial charge >= 0.3 is 5.97 Å². The molecule has 0 spiro atoms. The van der Waals surface area contributed by atoms with Crippen LogP contribution in [-0.2, 0) is 32.1 Å². The molecule has 0 bridgehead atoms. The summed E-state index contributed by atoms with van der Waals surface area (Å²) >= 11 is 0. The molecular formula is C27H34FN3O4. The Hall–Kier alpha value is -3.26. The van der Waals surface area contributed by atoms with Crippen LogP contribution >= 0.6 is 0 Å². The molecule has 2 aromatic rings. The lowest BCUT2D eigenvalue weighted by molar-refractivity contribution is -0.146. The van der Waals surface area contributed by atoms with Crippen molar-refractivity contribution in [2.45, 2.75) is 32.7 Å². The van der Waals surface area contributed by atoms with Crippen LogP contribution in [0.4, 0.5) is 4.39 Å². The number of carbonyl (C=O) groups is 3. The summed E-state index contributed by atoms with van der Waals surface area (Å²) in [4.78, 5) is 42.8. The molecule has 1 saturated heterocycles. The zero-order valence-electron chi connectivity index (χ0n) is 20.3. The van der Waals surface area contributed by atoms with Gasteiger partial charge in [-0.15, -0.1) is 0 Å². The minimum Gasteiger partial charge on any atom is -0.466 e. The maximum absolute atomic E-state index is 13.3. The molecule has 2 aromatic carbocycles. The molecule has 0 N–H and O–H groups in total. The summed E-state index contributed by atoms with van der Waals surface area (Å²) in [5.74, 6) is -0.659. The van der Waals surface area contributed by atoms with Crippen LogP contribution < -0.4 is 0 Å². The molecule has 0 unspecified atom stereocenters. The van der Waals surface area contributed by atoms with E-state index in [0.717, 1.165) is 11.1 Å². The van der Waals surface area contributed by atoms with Crippen LogP contribution in [0.3, 0.4) is 0 Å². The van der Waals surface area contributed by atoms with Gasteiger partial charge in [-0.25, -0.2) is 4.39 Å². The summed E-state index contributed by atoms with van der Waals surface area (Å²) < 4.78 is 18.2. The Balaban J connectivity index is 1.51. The second-order valence-corrected chi connectivity index (χ2v) is 8.63. The van der Waals surface area contributed by atoms with Crippen molar-refractivity contribution < 1.29 is 23.5 Å². The zero-order chi connectivity index (χ0) is 25.0. The van der Waals surface area contributed by atoms with Crippen molar-refractivity contribution in [3.05, 3.63) is 71.5 Å². The number of benzene rings is 2. The van der Waals surface area contributed by atoms with Crippen molar-refractivity contribution in [1.29, 1.82) is 0 Å². The molecule has 0 aromatic heterocycles. The molecule has 0 atom stereocenters. The predicted octanol–water partition coefficient (Wildman–Crippen LogP) is 2.88. The Bertz CT molecular complexity index is 960. The number of hydrogen-bond acceptors (Lipinski definition) is 5. The van der Waals surface area contributed by atoms with E-state index in [2.05, 4.69) is 4.90 Å². The van der Waals surface area contributed by atoms with Gasteiger partial charge in [0, 0.05) is 52.2 Å². The zero-order valence-corrected chi connectivity index (χ0v) is 20.3. The molecule has 0 radical (unpaired) electrons.